The lowest BCUT2D eigenvalue weighted by molar-refractivity contribution is 0.0959. The van der Waals surface area contributed by atoms with Gasteiger partial charge in [-0.15, -0.1) is 0 Å². The Hall–Kier alpha value is -3.40. The first-order valence-electron chi connectivity index (χ1n) is 7.47. The minimum Gasteiger partial charge on any atom is -0.355 e. The molecule has 2 aromatic carbocycles. The van der Waals surface area contributed by atoms with Crippen LogP contribution in [0.5, 0.6) is 0 Å². The van der Waals surface area contributed by atoms with E-state index >= 15 is 0 Å². The first-order valence-corrected chi connectivity index (χ1v) is 7.47. The summed E-state index contributed by atoms with van der Waals surface area (Å²) in [6, 6.07) is 12.3. The van der Waals surface area contributed by atoms with E-state index in [1.807, 2.05) is 6.07 Å². The number of rotatable bonds is 4. The zero-order valence-corrected chi connectivity index (χ0v) is 13.8. The van der Waals surface area contributed by atoms with Crippen LogP contribution in [0.3, 0.4) is 0 Å². The molecule has 0 radical (unpaired) electrons. The Morgan fingerprint density at radius 3 is 2.48 bits per heavy atom. The number of nitriles is 1. The van der Waals surface area contributed by atoms with Gasteiger partial charge in [-0.1, -0.05) is 12.1 Å². The van der Waals surface area contributed by atoms with E-state index in [-0.39, 0.29) is 5.56 Å². The predicted molar refractivity (Wildman–Crippen MR) is 91.4 cm³/mol. The maximum absolute atomic E-state index is 13.6. The molecule has 3 amide bonds. The normalized spacial score (nSPS) is 9.84. The van der Waals surface area contributed by atoms with Crippen LogP contribution in [0.1, 0.15) is 21.5 Å². The molecule has 0 fully saturated rings. The van der Waals surface area contributed by atoms with Crippen molar-refractivity contribution in [3.05, 3.63) is 65.0 Å². The number of hydrogen-bond acceptors (Lipinski definition) is 3. The molecule has 0 atom stereocenters. The van der Waals surface area contributed by atoms with Crippen LogP contribution in [0.4, 0.5) is 14.9 Å². The molecular weight excluding hydrogens is 323 g/mol. The number of benzene rings is 2. The molecule has 128 valence electrons. The standard InChI is InChI=1S/C18H17FN4O2/c1-21-17(24)15-9-14(7-8-16(15)19)22-18(25)23(2)11-13-5-3-12(10-20)4-6-13/h3-9H,11H2,1-2H3,(H,21,24)(H,22,25). The number of urea groups is 1. The Bertz CT molecular complexity index is 828. The molecule has 0 saturated carbocycles. The van der Waals surface area contributed by atoms with Crippen LogP contribution in [0.25, 0.3) is 0 Å². The van der Waals surface area contributed by atoms with E-state index in [2.05, 4.69) is 10.6 Å². The quantitative estimate of drug-likeness (QED) is 0.897. The summed E-state index contributed by atoms with van der Waals surface area (Å²) < 4.78 is 13.6. The fraction of sp³-hybridized carbons (Fsp3) is 0.167. The third-order valence-corrected chi connectivity index (χ3v) is 3.54. The third kappa shape index (κ3) is 4.54. The average molecular weight is 340 g/mol. The molecule has 6 nitrogen and oxygen atoms in total. The van der Waals surface area contributed by atoms with Crippen molar-refractivity contribution in [1.82, 2.24) is 10.2 Å². The van der Waals surface area contributed by atoms with E-state index < -0.39 is 17.8 Å². The second-order valence-electron chi connectivity index (χ2n) is 5.37. The summed E-state index contributed by atoms with van der Waals surface area (Å²) in [7, 11) is 3.01. The molecule has 2 N–H and O–H groups in total. The van der Waals surface area contributed by atoms with Crippen molar-refractivity contribution in [3.8, 4) is 6.07 Å². The molecule has 0 aliphatic rings. The number of carbonyl (C=O) groups excluding carboxylic acids is 2. The molecule has 0 spiro atoms. The van der Waals surface area contributed by atoms with Crippen LogP contribution in [0.2, 0.25) is 0 Å². The molecule has 0 unspecified atom stereocenters. The van der Waals surface area contributed by atoms with E-state index in [0.717, 1.165) is 11.6 Å². The summed E-state index contributed by atoms with van der Waals surface area (Å²) in [5.74, 6) is -1.23. The highest BCUT2D eigenvalue weighted by Gasteiger charge is 2.14. The Labute approximate surface area is 144 Å². The number of nitrogens with one attached hydrogen (secondary N) is 2. The molecular formula is C18H17FN4O2. The van der Waals surface area contributed by atoms with Gasteiger partial charge in [0.25, 0.3) is 5.91 Å². The second kappa shape index (κ2) is 7.93. The molecule has 2 aromatic rings. The molecule has 0 heterocycles. The monoisotopic (exact) mass is 340 g/mol. The molecule has 2 rings (SSSR count). The van der Waals surface area contributed by atoms with Crippen molar-refractivity contribution in [1.29, 1.82) is 5.26 Å². The van der Waals surface area contributed by atoms with Gasteiger partial charge < -0.3 is 15.5 Å². The van der Waals surface area contributed by atoms with Gasteiger partial charge in [-0.05, 0) is 35.9 Å². The van der Waals surface area contributed by atoms with E-state index in [1.165, 1.54) is 24.1 Å². The SMILES string of the molecule is CNC(=O)c1cc(NC(=O)N(C)Cc2ccc(C#N)cc2)ccc1F. The van der Waals surface area contributed by atoms with Gasteiger partial charge in [0.05, 0.1) is 17.2 Å². The maximum atomic E-state index is 13.6. The van der Waals surface area contributed by atoms with Crippen LogP contribution in [0.15, 0.2) is 42.5 Å². The lowest BCUT2D eigenvalue weighted by atomic mass is 10.1. The van der Waals surface area contributed by atoms with Gasteiger partial charge in [-0.2, -0.15) is 5.26 Å². The van der Waals surface area contributed by atoms with E-state index in [4.69, 9.17) is 5.26 Å². The summed E-state index contributed by atoms with van der Waals surface area (Å²) in [6.45, 7) is 0.334. The Kier molecular flexibility index (Phi) is 5.69. The fourth-order valence-electron chi connectivity index (χ4n) is 2.16. The zero-order chi connectivity index (χ0) is 18.4. The van der Waals surface area contributed by atoms with Gasteiger partial charge >= 0.3 is 6.03 Å². The molecule has 0 aliphatic carbocycles. The molecule has 0 bridgehead atoms. The van der Waals surface area contributed by atoms with Crippen molar-refractivity contribution in [2.75, 3.05) is 19.4 Å². The number of halogens is 1. The van der Waals surface area contributed by atoms with Crippen LogP contribution in [-0.4, -0.2) is 30.9 Å². The fourth-order valence-corrected chi connectivity index (χ4v) is 2.16. The van der Waals surface area contributed by atoms with Gasteiger partial charge in [0.2, 0.25) is 0 Å². The first kappa shape index (κ1) is 17.9. The summed E-state index contributed by atoms with van der Waals surface area (Å²) in [5.41, 5.74) is 1.58. The number of hydrogen-bond donors (Lipinski definition) is 2. The maximum Gasteiger partial charge on any atom is 0.321 e. The minimum absolute atomic E-state index is 0.143. The largest absolute Gasteiger partial charge is 0.355 e. The van der Waals surface area contributed by atoms with E-state index in [0.29, 0.717) is 17.8 Å². The number of amides is 3. The Morgan fingerprint density at radius 2 is 1.88 bits per heavy atom. The summed E-state index contributed by atoms with van der Waals surface area (Å²) >= 11 is 0. The summed E-state index contributed by atoms with van der Waals surface area (Å²) in [6.07, 6.45) is 0. The Balaban J connectivity index is 2.05. The highest BCUT2D eigenvalue weighted by atomic mass is 19.1. The molecule has 0 aromatic heterocycles. The minimum atomic E-state index is -0.664. The number of nitrogens with zero attached hydrogens (tertiary/aromatic N) is 2. The van der Waals surface area contributed by atoms with Crippen molar-refractivity contribution in [2.45, 2.75) is 6.54 Å². The van der Waals surface area contributed by atoms with Crippen molar-refractivity contribution < 1.29 is 14.0 Å². The Morgan fingerprint density at radius 1 is 1.20 bits per heavy atom. The van der Waals surface area contributed by atoms with Gasteiger partial charge in [0.15, 0.2) is 0 Å². The summed E-state index contributed by atoms with van der Waals surface area (Å²) in [4.78, 5) is 25.3. The third-order valence-electron chi connectivity index (χ3n) is 3.54. The highest BCUT2D eigenvalue weighted by Crippen LogP contribution is 2.16. The molecule has 0 saturated heterocycles. The smallest absolute Gasteiger partial charge is 0.321 e. The number of anilines is 1. The first-order chi connectivity index (χ1) is 11.9. The highest BCUT2D eigenvalue weighted by molar-refractivity contribution is 5.96. The van der Waals surface area contributed by atoms with E-state index in [1.54, 1.807) is 31.3 Å². The van der Waals surface area contributed by atoms with Crippen molar-refractivity contribution in [2.24, 2.45) is 0 Å². The number of carbonyl (C=O) groups is 2. The van der Waals surface area contributed by atoms with E-state index in [9.17, 15) is 14.0 Å². The average Bonchev–Trinajstić information content (AvgIpc) is 2.63. The van der Waals surface area contributed by atoms with Crippen molar-refractivity contribution >= 4 is 17.6 Å². The predicted octanol–water partition coefficient (Wildman–Crippen LogP) is 2.72. The van der Waals surface area contributed by atoms with Crippen LogP contribution >= 0.6 is 0 Å². The lowest BCUT2D eigenvalue weighted by Crippen LogP contribution is -2.31. The molecule has 7 heteroatoms. The van der Waals surface area contributed by atoms with Crippen LogP contribution < -0.4 is 10.6 Å². The second-order valence-corrected chi connectivity index (χ2v) is 5.37. The van der Waals surface area contributed by atoms with Gasteiger partial charge in [0.1, 0.15) is 5.82 Å². The van der Waals surface area contributed by atoms with Crippen molar-refractivity contribution in [3.63, 3.8) is 0 Å². The van der Waals surface area contributed by atoms with Gasteiger partial charge in [-0.3, -0.25) is 4.79 Å². The zero-order valence-electron chi connectivity index (χ0n) is 13.8. The summed E-state index contributed by atoms with van der Waals surface area (Å²) in [5, 5.41) is 13.7. The topological polar surface area (TPSA) is 85.2 Å². The lowest BCUT2D eigenvalue weighted by Gasteiger charge is -2.18. The molecule has 25 heavy (non-hydrogen) atoms. The van der Waals surface area contributed by atoms with Crippen LogP contribution in [0, 0.1) is 17.1 Å². The van der Waals surface area contributed by atoms with Gasteiger partial charge in [0, 0.05) is 26.3 Å². The molecule has 0 aliphatic heterocycles. The van der Waals surface area contributed by atoms with Crippen LogP contribution in [-0.2, 0) is 6.54 Å². The van der Waals surface area contributed by atoms with Gasteiger partial charge in [-0.25, -0.2) is 9.18 Å².